The molecule has 0 radical (unpaired) electrons. The molecule has 2 amide bonds. The largest absolute Gasteiger partial charge is 0.339 e. The van der Waals surface area contributed by atoms with Crippen molar-refractivity contribution in [3.05, 3.63) is 71.6 Å². The monoisotopic (exact) mass is 340 g/mol. The molecule has 2 aromatic carbocycles. The predicted octanol–water partition coefficient (Wildman–Crippen LogP) is 3.96. The molecule has 0 unspecified atom stereocenters. The van der Waals surface area contributed by atoms with Crippen molar-refractivity contribution < 1.29 is 14.0 Å². The van der Waals surface area contributed by atoms with Gasteiger partial charge in [0.2, 0.25) is 5.91 Å². The Hall–Kier alpha value is -2.95. The first-order chi connectivity index (χ1) is 12.0. The van der Waals surface area contributed by atoms with E-state index in [1.54, 1.807) is 41.3 Å². The number of benzene rings is 2. The first-order valence-electron chi connectivity index (χ1n) is 8.17. The maximum absolute atomic E-state index is 13.1. The Bertz CT molecular complexity index is 783. The molecule has 0 aliphatic heterocycles. The van der Waals surface area contributed by atoms with Crippen molar-refractivity contribution in [2.24, 2.45) is 0 Å². The van der Waals surface area contributed by atoms with Crippen molar-refractivity contribution in [1.82, 2.24) is 4.90 Å². The topological polar surface area (TPSA) is 49.4 Å². The summed E-state index contributed by atoms with van der Waals surface area (Å²) in [5, 5.41) is 2.71. The van der Waals surface area contributed by atoms with Crippen LogP contribution in [0.25, 0.3) is 6.08 Å². The van der Waals surface area contributed by atoms with Gasteiger partial charge < -0.3 is 10.2 Å². The summed E-state index contributed by atoms with van der Waals surface area (Å²) in [4.78, 5) is 26.1. The van der Waals surface area contributed by atoms with E-state index in [-0.39, 0.29) is 17.6 Å². The molecule has 0 atom stereocenters. The van der Waals surface area contributed by atoms with Crippen molar-refractivity contribution in [2.75, 3.05) is 18.4 Å². The van der Waals surface area contributed by atoms with Crippen LogP contribution in [0.1, 0.15) is 29.8 Å². The molecule has 0 saturated carbocycles. The lowest BCUT2D eigenvalue weighted by atomic mass is 10.1. The van der Waals surface area contributed by atoms with Gasteiger partial charge in [-0.25, -0.2) is 4.39 Å². The minimum atomic E-state index is -0.356. The number of nitrogens with zero attached hydrogens (tertiary/aromatic N) is 1. The summed E-state index contributed by atoms with van der Waals surface area (Å²) in [5.41, 5.74) is 1.66. The summed E-state index contributed by atoms with van der Waals surface area (Å²) in [5.74, 6) is -0.779. The average Bonchev–Trinajstić information content (AvgIpc) is 2.61. The highest BCUT2D eigenvalue weighted by Gasteiger charge is 2.12. The highest BCUT2D eigenvalue weighted by atomic mass is 19.1. The number of nitrogens with one attached hydrogen (secondary N) is 1. The molecule has 0 aliphatic rings. The minimum absolute atomic E-state index is 0.0728. The molecule has 5 heteroatoms. The summed E-state index contributed by atoms with van der Waals surface area (Å²) in [7, 11) is 0. The van der Waals surface area contributed by atoms with Gasteiger partial charge in [-0.1, -0.05) is 18.2 Å². The number of anilines is 1. The summed E-state index contributed by atoms with van der Waals surface area (Å²) in [6, 6.07) is 12.8. The molecule has 0 heterocycles. The summed E-state index contributed by atoms with van der Waals surface area (Å²) in [6.07, 6.45) is 2.86. The number of amides is 2. The van der Waals surface area contributed by atoms with Crippen LogP contribution < -0.4 is 5.32 Å². The Balaban J connectivity index is 2.06. The van der Waals surface area contributed by atoms with Gasteiger partial charge in [-0.15, -0.1) is 0 Å². The number of hydrogen-bond donors (Lipinski definition) is 1. The van der Waals surface area contributed by atoms with E-state index in [2.05, 4.69) is 5.32 Å². The van der Waals surface area contributed by atoms with Gasteiger partial charge in [0.1, 0.15) is 5.82 Å². The second-order valence-electron chi connectivity index (χ2n) is 5.44. The van der Waals surface area contributed by atoms with Crippen LogP contribution in [0, 0.1) is 5.82 Å². The van der Waals surface area contributed by atoms with Crippen molar-refractivity contribution in [3.8, 4) is 0 Å². The van der Waals surface area contributed by atoms with Gasteiger partial charge >= 0.3 is 0 Å². The van der Waals surface area contributed by atoms with Gasteiger partial charge in [0.25, 0.3) is 5.91 Å². The maximum Gasteiger partial charge on any atom is 0.253 e. The third-order valence-corrected chi connectivity index (χ3v) is 3.70. The zero-order valence-electron chi connectivity index (χ0n) is 14.3. The Kier molecular flexibility index (Phi) is 6.46. The highest BCUT2D eigenvalue weighted by Crippen LogP contribution is 2.13. The number of rotatable bonds is 6. The van der Waals surface area contributed by atoms with Crippen LogP contribution in [0.2, 0.25) is 0 Å². The molecule has 0 aromatic heterocycles. The van der Waals surface area contributed by atoms with Crippen LogP contribution in [0.5, 0.6) is 0 Å². The third-order valence-electron chi connectivity index (χ3n) is 3.70. The van der Waals surface area contributed by atoms with E-state index in [0.717, 1.165) is 0 Å². The van der Waals surface area contributed by atoms with E-state index in [1.165, 1.54) is 24.3 Å². The van der Waals surface area contributed by atoms with E-state index in [4.69, 9.17) is 0 Å². The summed E-state index contributed by atoms with van der Waals surface area (Å²) >= 11 is 0. The first kappa shape index (κ1) is 18.4. The molecule has 2 aromatic rings. The molecular formula is C20H21FN2O2. The number of carbonyl (C=O) groups excluding carboxylic acids is 2. The fourth-order valence-electron chi connectivity index (χ4n) is 2.39. The Morgan fingerprint density at radius 2 is 1.80 bits per heavy atom. The fraction of sp³-hybridized carbons (Fsp3) is 0.200. The SMILES string of the molecule is CCN(CC)C(=O)c1cccc(NC(=O)/C=C/c2cccc(F)c2)c1. The minimum Gasteiger partial charge on any atom is -0.339 e. The lowest BCUT2D eigenvalue weighted by Gasteiger charge is -2.18. The van der Waals surface area contributed by atoms with E-state index in [1.807, 2.05) is 13.8 Å². The van der Waals surface area contributed by atoms with Gasteiger partial charge in [0.05, 0.1) is 0 Å². The van der Waals surface area contributed by atoms with E-state index in [9.17, 15) is 14.0 Å². The van der Waals surface area contributed by atoms with Gasteiger partial charge in [-0.05, 0) is 55.8 Å². The van der Waals surface area contributed by atoms with Crippen molar-refractivity contribution in [1.29, 1.82) is 0 Å². The van der Waals surface area contributed by atoms with E-state index >= 15 is 0 Å². The number of halogens is 1. The van der Waals surface area contributed by atoms with Crippen molar-refractivity contribution >= 4 is 23.6 Å². The molecule has 0 saturated heterocycles. The standard InChI is InChI=1S/C20H21FN2O2/c1-3-23(4-2)20(25)16-8-6-10-18(14-16)22-19(24)12-11-15-7-5-9-17(21)13-15/h5-14H,3-4H2,1-2H3,(H,22,24)/b12-11+. The number of carbonyl (C=O) groups is 2. The van der Waals surface area contributed by atoms with E-state index < -0.39 is 0 Å². The fourth-order valence-corrected chi connectivity index (χ4v) is 2.39. The quantitative estimate of drug-likeness (QED) is 0.809. The van der Waals surface area contributed by atoms with Crippen LogP contribution in [0.4, 0.5) is 10.1 Å². The third kappa shape index (κ3) is 5.28. The lowest BCUT2D eigenvalue weighted by Crippen LogP contribution is -2.30. The molecule has 1 N–H and O–H groups in total. The normalized spacial score (nSPS) is 10.7. The van der Waals surface area contributed by atoms with Crippen LogP contribution in [-0.4, -0.2) is 29.8 Å². The summed E-state index contributed by atoms with van der Waals surface area (Å²) in [6.45, 7) is 5.10. The zero-order valence-corrected chi connectivity index (χ0v) is 14.3. The van der Waals surface area contributed by atoms with Crippen molar-refractivity contribution in [3.63, 3.8) is 0 Å². The van der Waals surface area contributed by atoms with E-state index in [0.29, 0.717) is 29.9 Å². The maximum atomic E-state index is 13.1. The molecular weight excluding hydrogens is 319 g/mol. The Morgan fingerprint density at radius 1 is 1.08 bits per heavy atom. The smallest absolute Gasteiger partial charge is 0.253 e. The second-order valence-corrected chi connectivity index (χ2v) is 5.44. The number of hydrogen-bond acceptors (Lipinski definition) is 2. The van der Waals surface area contributed by atoms with Crippen LogP contribution >= 0.6 is 0 Å². The van der Waals surface area contributed by atoms with Crippen LogP contribution in [0.3, 0.4) is 0 Å². The molecule has 0 fully saturated rings. The molecule has 0 bridgehead atoms. The van der Waals surface area contributed by atoms with Crippen LogP contribution in [0.15, 0.2) is 54.6 Å². The molecule has 0 spiro atoms. The van der Waals surface area contributed by atoms with Gasteiger partial charge in [0, 0.05) is 30.4 Å². The average molecular weight is 340 g/mol. The second kappa shape index (κ2) is 8.78. The van der Waals surface area contributed by atoms with Gasteiger partial charge in [-0.3, -0.25) is 9.59 Å². The molecule has 25 heavy (non-hydrogen) atoms. The molecule has 4 nitrogen and oxygen atoms in total. The molecule has 130 valence electrons. The molecule has 0 aliphatic carbocycles. The highest BCUT2D eigenvalue weighted by molar-refractivity contribution is 6.03. The van der Waals surface area contributed by atoms with Crippen molar-refractivity contribution in [2.45, 2.75) is 13.8 Å². The Labute approximate surface area is 147 Å². The Morgan fingerprint density at radius 3 is 2.48 bits per heavy atom. The van der Waals surface area contributed by atoms with Gasteiger partial charge in [0.15, 0.2) is 0 Å². The van der Waals surface area contributed by atoms with Gasteiger partial charge in [-0.2, -0.15) is 0 Å². The molecule has 2 rings (SSSR count). The predicted molar refractivity (Wildman–Crippen MR) is 97.8 cm³/mol. The first-order valence-corrected chi connectivity index (χ1v) is 8.17. The van der Waals surface area contributed by atoms with Crippen LogP contribution in [-0.2, 0) is 4.79 Å². The lowest BCUT2D eigenvalue weighted by molar-refractivity contribution is -0.111. The summed E-state index contributed by atoms with van der Waals surface area (Å²) < 4.78 is 13.1. The zero-order chi connectivity index (χ0) is 18.2.